The van der Waals surface area contributed by atoms with Crippen molar-refractivity contribution in [2.24, 2.45) is 0 Å². The van der Waals surface area contributed by atoms with E-state index in [0.29, 0.717) is 22.8 Å². The number of pyridine rings is 1. The third kappa shape index (κ3) is 4.42. The Balaban J connectivity index is 1.85. The molecule has 0 N–H and O–H groups in total. The van der Waals surface area contributed by atoms with Gasteiger partial charge >= 0.3 is 0 Å². The van der Waals surface area contributed by atoms with Crippen LogP contribution in [-0.2, 0) is 18.7 Å². The minimum absolute atomic E-state index is 0.586. The smallest absolute Gasteiger partial charge is 0.161 e. The van der Waals surface area contributed by atoms with Gasteiger partial charge in [0.1, 0.15) is 11.1 Å². The summed E-state index contributed by atoms with van der Waals surface area (Å²) in [5.74, 6) is 1.93. The Kier molecular flexibility index (Phi) is 6.90. The molecule has 0 bridgehead atoms. The van der Waals surface area contributed by atoms with Crippen molar-refractivity contribution in [1.82, 2.24) is 9.88 Å². The molecule has 0 fully saturated rings. The number of thioether (sulfide) groups is 1. The Morgan fingerprint density at radius 2 is 1.94 bits per heavy atom. The van der Waals surface area contributed by atoms with Crippen LogP contribution >= 0.6 is 23.4 Å². The summed E-state index contributed by atoms with van der Waals surface area (Å²) in [6.07, 6.45) is 0.845. The fourth-order valence-electron chi connectivity index (χ4n) is 3.95. The van der Waals surface area contributed by atoms with Crippen molar-refractivity contribution in [1.29, 1.82) is 5.26 Å². The van der Waals surface area contributed by atoms with Crippen LogP contribution in [-0.4, -0.2) is 37.7 Å². The van der Waals surface area contributed by atoms with Crippen molar-refractivity contribution in [3.05, 3.63) is 69.9 Å². The maximum Gasteiger partial charge on any atom is 0.161 e. The lowest BCUT2D eigenvalue weighted by Gasteiger charge is -2.28. The monoisotopic (exact) mass is 465 g/mol. The second-order valence-corrected chi connectivity index (χ2v) is 9.01. The van der Waals surface area contributed by atoms with Crippen molar-refractivity contribution in [2.75, 3.05) is 27.8 Å². The molecule has 3 aromatic rings. The number of ether oxygens (including phenoxy) is 2. The number of nitrogens with zero attached hydrogens (tertiary/aromatic N) is 3. The molecule has 0 unspecified atom stereocenters. The van der Waals surface area contributed by atoms with Gasteiger partial charge in [-0.2, -0.15) is 5.26 Å². The van der Waals surface area contributed by atoms with Crippen LogP contribution in [0.2, 0.25) is 5.02 Å². The molecule has 0 aliphatic carbocycles. The van der Waals surface area contributed by atoms with Gasteiger partial charge in [0.2, 0.25) is 0 Å². The van der Waals surface area contributed by atoms with Crippen LogP contribution in [0.25, 0.3) is 11.1 Å². The van der Waals surface area contributed by atoms with Crippen LogP contribution in [0, 0.1) is 11.3 Å². The number of hydrogen-bond donors (Lipinski definition) is 0. The molecule has 0 saturated carbocycles. The van der Waals surface area contributed by atoms with E-state index in [1.165, 1.54) is 0 Å². The minimum atomic E-state index is 0.586. The highest BCUT2D eigenvalue weighted by Crippen LogP contribution is 2.41. The van der Waals surface area contributed by atoms with Crippen molar-refractivity contribution in [3.63, 3.8) is 0 Å². The summed E-state index contributed by atoms with van der Waals surface area (Å²) in [5, 5.41) is 11.7. The van der Waals surface area contributed by atoms with Crippen molar-refractivity contribution in [3.8, 4) is 28.7 Å². The molecule has 4 rings (SSSR count). The molecule has 1 aromatic heterocycles. The van der Waals surface area contributed by atoms with Crippen LogP contribution in [0.5, 0.6) is 11.5 Å². The van der Waals surface area contributed by atoms with Gasteiger partial charge in [0.25, 0.3) is 0 Å². The van der Waals surface area contributed by atoms with Gasteiger partial charge in [-0.3, -0.25) is 0 Å². The quantitative estimate of drug-likeness (QED) is 0.443. The molecule has 1 aliphatic rings. The molecular formula is C25H24ClN3O2S. The van der Waals surface area contributed by atoms with E-state index in [0.717, 1.165) is 57.5 Å². The first kappa shape index (κ1) is 22.5. The number of halogens is 1. The molecule has 164 valence electrons. The standard InChI is InChI=1S/C25H24ClN3O2S/c1-29-11-10-21-19(14-29)24(16-8-9-22(30-2)23(12-16)31-3)18(13-27)25(28-21)32-15-17-6-4-5-7-20(17)26/h4-9,12H,10-11,14-15H2,1-3H3. The van der Waals surface area contributed by atoms with Gasteiger partial charge < -0.3 is 14.4 Å². The van der Waals surface area contributed by atoms with E-state index in [2.05, 4.69) is 18.0 Å². The first-order chi connectivity index (χ1) is 15.5. The summed E-state index contributed by atoms with van der Waals surface area (Å²) in [4.78, 5) is 7.20. The number of benzene rings is 2. The normalized spacial score (nSPS) is 13.3. The van der Waals surface area contributed by atoms with Crippen molar-refractivity contribution < 1.29 is 9.47 Å². The first-order valence-electron chi connectivity index (χ1n) is 10.3. The maximum absolute atomic E-state index is 10.2. The number of hydrogen-bond acceptors (Lipinski definition) is 6. The van der Waals surface area contributed by atoms with E-state index in [-0.39, 0.29) is 0 Å². The fraction of sp³-hybridized carbons (Fsp3) is 0.280. The molecular weight excluding hydrogens is 442 g/mol. The second-order valence-electron chi connectivity index (χ2n) is 7.64. The van der Waals surface area contributed by atoms with Crippen LogP contribution < -0.4 is 9.47 Å². The molecule has 0 radical (unpaired) electrons. The molecule has 2 aromatic carbocycles. The number of methoxy groups -OCH3 is 2. The maximum atomic E-state index is 10.2. The third-order valence-electron chi connectivity index (χ3n) is 5.62. The summed E-state index contributed by atoms with van der Waals surface area (Å²) < 4.78 is 10.9. The highest BCUT2D eigenvalue weighted by molar-refractivity contribution is 7.98. The summed E-state index contributed by atoms with van der Waals surface area (Å²) in [6.45, 7) is 1.68. The van der Waals surface area contributed by atoms with Crippen molar-refractivity contribution >= 4 is 23.4 Å². The largest absolute Gasteiger partial charge is 0.493 e. The van der Waals surface area contributed by atoms with Gasteiger partial charge in [-0.25, -0.2) is 4.98 Å². The predicted molar refractivity (Wildman–Crippen MR) is 129 cm³/mol. The van der Waals surface area contributed by atoms with Gasteiger partial charge in [0, 0.05) is 41.5 Å². The molecule has 32 heavy (non-hydrogen) atoms. The van der Waals surface area contributed by atoms with Crippen LogP contribution in [0.1, 0.15) is 22.4 Å². The molecule has 5 nitrogen and oxygen atoms in total. The number of rotatable bonds is 6. The Morgan fingerprint density at radius 3 is 2.66 bits per heavy atom. The van der Waals surface area contributed by atoms with Crippen LogP contribution in [0.4, 0.5) is 0 Å². The van der Waals surface area contributed by atoms with Crippen molar-refractivity contribution in [2.45, 2.75) is 23.7 Å². The lowest BCUT2D eigenvalue weighted by atomic mass is 9.91. The Bertz CT molecular complexity index is 1190. The van der Waals surface area contributed by atoms with E-state index in [9.17, 15) is 5.26 Å². The average Bonchev–Trinajstić information content (AvgIpc) is 2.82. The predicted octanol–water partition coefficient (Wildman–Crippen LogP) is 5.57. The van der Waals surface area contributed by atoms with Gasteiger partial charge in [-0.15, -0.1) is 11.8 Å². The SMILES string of the molecule is COc1ccc(-c2c(C#N)c(SCc3ccccc3Cl)nc3c2CN(C)CC3)cc1OC. The zero-order valence-corrected chi connectivity index (χ0v) is 19.9. The second kappa shape index (κ2) is 9.83. The number of likely N-dealkylation sites (N-methyl/N-ethyl adjacent to an activating group) is 1. The molecule has 0 spiro atoms. The highest BCUT2D eigenvalue weighted by atomic mass is 35.5. The molecule has 0 amide bonds. The zero-order chi connectivity index (χ0) is 22.7. The summed E-state index contributed by atoms with van der Waals surface area (Å²) in [6, 6.07) is 16.0. The van der Waals surface area contributed by atoms with E-state index in [1.54, 1.807) is 26.0 Å². The summed E-state index contributed by atoms with van der Waals surface area (Å²) >= 11 is 7.91. The summed E-state index contributed by atoms with van der Waals surface area (Å²) in [7, 11) is 5.33. The van der Waals surface area contributed by atoms with Gasteiger partial charge in [0.15, 0.2) is 11.5 Å². The fourth-order valence-corrected chi connectivity index (χ4v) is 5.24. The molecule has 0 saturated heterocycles. The Morgan fingerprint density at radius 1 is 1.16 bits per heavy atom. The molecule has 0 atom stereocenters. The topological polar surface area (TPSA) is 58.4 Å². The molecule has 2 heterocycles. The van der Waals surface area contributed by atoms with Crippen LogP contribution in [0.3, 0.4) is 0 Å². The lowest BCUT2D eigenvalue weighted by Crippen LogP contribution is -2.28. The molecule has 1 aliphatic heterocycles. The Labute approximate surface area is 197 Å². The van der Waals surface area contributed by atoms with Crippen LogP contribution in [0.15, 0.2) is 47.5 Å². The van der Waals surface area contributed by atoms with Gasteiger partial charge in [0.05, 0.1) is 19.8 Å². The number of nitriles is 1. The third-order valence-corrected chi connectivity index (χ3v) is 7.01. The van der Waals surface area contributed by atoms with E-state index >= 15 is 0 Å². The van der Waals surface area contributed by atoms with E-state index < -0.39 is 0 Å². The zero-order valence-electron chi connectivity index (χ0n) is 18.3. The first-order valence-corrected chi connectivity index (χ1v) is 11.6. The van der Waals surface area contributed by atoms with E-state index in [1.807, 2.05) is 42.5 Å². The molecule has 7 heteroatoms. The lowest BCUT2D eigenvalue weighted by molar-refractivity contribution is 0.309. The van der Waals surface area contributed by atoms with Gasteiger partial charge in [-0.1, -0.05) is 35.9 Å². The number of fused-ring (bicyclic) bond motifs is 1. The minimum Gasteiger partial charge on any atom is -0.493 e. The number of aromatic nitrogens is 1. The van der Waals surface area contributed by atoms with Gasteiger partial charge in [-0.05, 0) is 41.9 Å². The van der Waals surface area contributed by atoms with E-state index in [4.69, 9.17) is 26.1 Å². The summed E-state index contributed by atoms with van der Waals surface area (Å²) in [5.41, 5.74) is 5.61. The average molecular weight is 466 g/mol. The highest BCUT2D eigenvalue weighted by Gasteiger charge is 2.25. The Hall–Kier alpha value is -2.72.